The predicted octanol–water partition coefficient (Wildman–Crippen LogP) is 4.05. The quantitative estimate of drug-likeness (QED) is 0.273. The number of hydrogen-bond donors (Lipinski definition) is 2. The number of hydrogen-bond acceptors (Lipinski definition) is 3. The molecule has 0 spiro atoms. The van der Waals surface area contributed by atoms with Crippen LogP contribution in [0.4, 0.5) is 0 Å². The van der Waals surface area contributed by atoms with Gasteiger partial charge in [0.25, 0.3) is 0 Å². The van der Waals surface area contributed by atoms with E-state index in [1.165, 1.54) is 6.42 Å². The third-order valence-corrected chi connectivity index (χ3v) is 3.54. The number of unbranched alkanes of at least 4 members (excludes halogenated alkanes) is 1. The van der Waals surface area contributed by atoms with Gasteiger partial charge in [-0.2, -0.15) is 0 Å². The van der Waals surface area contributed by atoms with E-state index in [9.17, 15) is 0 Å². The topological polar surface area (TPSA) is 62.5 Å². The summed E-state index contributed by atoms with van der Waals surface area (Å²) in [5.41, 5.74) is 1.05. The maximum Gasteiger partial charge on any atom is 0.191 e. The highest BCUT2D eigenvalue weighted by Gasteiger charge is 2.12. The summed E-state index contributed by atoms with van der Waals surface area (Å²) in [6.45, 7) is 10.9. The Kier molecular flexibility index (Phi) is 12.3. The van der Waals surface area contributed by atoms with E-state index in [0.717, 1.165) is 49.8 Å². The number of halogens is 1. The molecule has 2 N–H and O–H groups in total. The van der Waals surface area contributed by atoms with Crippen molar-refractivity contribution in [3.8, 4) is 0 Å². The lowest BCUT2D eigenvalue weighted by Crippen LogP contribution is -2.37. The zero-order valence-corrected chi connectivity index (χ0v) is 16.6. The molecule has 1 rings (SSSR count). The molecular formula is C16H31IN4O. The molecule has 1 heterocycles. The van der Waals surface area contributed by atoms with Crippen LogP contribution in [0, 0.1) is 0 Å². The zero-order chi connectivity index (χ0) is 15.5. The Bertz CT molecular complexity index is 416. The molecule has 128 valence electrons. The van der Waals surface area contributed by atoms with Gasteiger partial charge in [0, 0.05) is 25.1 Å². The average molecular weight is 422 g/mol. The molecule has 0 saturated heterocycles. The van der Waals surface area contributed by atoms with Crippen LogP contribution >= 0.6 is 24.0 Å². The van der Waals surface area contributed by atoms with Crippen molar-refractivity contribution in [2.75, 3.05) is 13.1 Å². The van der Waals surface area contributed by atoms with Crippen LogP contribution in [0.1, 0.15) is 70.8 Å². The first-order valence-electron chi connectivity index (χ1n) is 8.22. The van der Waals surface area contributed by atoms with E-state index in [-0.39, 0.29) is 24.0 Å². The van der Waals surface area contributed by atoms with Crippen LogP contribution in [-0.4, -0.2) is 24.2 Å². The van der Waals surface area contributed by atoms with Crippen molar-refractivity contribution < 1.29 is 4.52 Å². The van der Waals surface area contributed by atoms with Gasteiger partial charge in [-0.25, -0.2) is 4.99 Å². The fourth-order valence-corrected chi connectivity index (χ4v) is 2.19. The molecule has 0 atom stereocenters. The highest BCUT2D eigenvalue weighted by molar-refractivity contribution is 14.0. The summed E-state index contributed by atoms with van der Waals surface area (Å²) in [5.74, 6) is 2.15. The number of nitrogens with zero attached hydrogens (tertiary/aromatic N) is 2. The fraction of sp³-hybridized carbons (Fsp3) is 0.750. The second kappa shape index (κ2) is 12.7. The minimum Gasteiger partial charge on any atom is -0.359 e. The van der Waals surface area contributed by atoms with Crippen molar-refractivity contribution in [2.24, 2.45) is 4.99 Å². The normalized spacial score (nSPS) is 11.4. The minimum absolute atomic E-state index is 0. The maximum absolute atomic E-state index is 5.39. The molecule has 22 heavy (non-hydrogen) atoms. The molecule has 0 bridgehead atoms. The molecule has 6 heteroatoms. The molecule has 0 unspecified atom stereocenters. The molecule has 1 aromatic heterocycles. The molecule has 0 amide bonds. The van der Waals surface area contributed by atoms with Gasteiger partial charge in [0.05, 0.1) is 5.69 Å². The van der Waals surface area contributed by atoms with Crippen molar-refractivity contribution in [1.29, 1.82) is 0 Å². The third-order valence-electron chi connectivity index (χ3n) is 3.54. The molecule has 0 aromatic carbocycles. The Morgan fingerprint density at radius 3 is 2.55 bits per heavy atom. The van der Waals surface area contributed by atoms with Gasteiger partial charge in [0.2, 0.25) is 0 Å². The summed E-state index contributed by atoms with van der Waals surface area (Å²) in [7, 11) is 0. The molecule has 0 aliphatic rings. The zero-order valence-electron chi connectivity index (χ0n) is 14.3. The lowest BCUT2D eigenvalue weighted by atomic mass is 9.99. The highest BCUT2D eigenvalue weighted by Crippen LogP contribution is 2.22. The van der Waals surface area contributed by atoms with Gasteiger partial charge in [0.15, 0.2) is 11.7 Å². The van der Waals surface area contributed by atoms with E-state index >= 15 is 0 Å². The third kappa shape index (κ3) is 7.47. The van der Waals surface area contributed by atoms with E-state index < -0.39 is 0 Å². The minimum atomic E-state index is 0. The lowest BCUT2D eigenvalue weighted by Gasteiger charge is -2.09. The highest BCUT2D eigenvalue weighted by atomic mass is 127. The summed E-state index contributed by atoms with van der Waals surface area (Å²) in [4.78, 5) is 4.54. The van der Waals surface area contributed by atoms with Gasteiger partial charge in [-0.1, -0.05) is 32.3 Å². The first kappa shape index (κ1) is 21.2. The summed E-state index contributed by atoms with van der Waals surface area (Å²) in [6, 6.07) is 2.04. The van der Waals surface area contributed by atoms with E-state index in [4.69, 9.17) is 4.52 Å². The Morgan fingerprint density at radius 1 is 1.23 bits per heavy atom. The van der Waals surface area contributed by atoms with Gasteiger partial charge in [-0.15, -0.1) is 24.0 Å². The standard InChI is InChI=1S/C16H30N4O.HI/c1-5-9-10-18-16(17-8-4)19-12-14-11-15(20-21-14)13(6-2)7-3;/h11,13H,5-10,12H2,1-4H3,(H2,17,18,19);1H. The molecule has 5 nitrogen and oxygen atoms in total. The van der Waals surface area contributed by atoms with Gasteiger partial charge in [0.1, 0.15) is 6.54 Å². The number of aromatic nitrogens is 1. The van der Waals surface area contributed by atoms with E-state index in [1.807, 2.05) is 6.07 Å². The Hall–Kier alpha value is -0.790. The second-order valence-corrected chi connectivity index (χ2v) is 5.21. The van der Waals surface area contributed by atoms with Gasteiger partial charge < -0.3 is 15.2 Å². The maximum atomic E-state index is 5.39. The van der Waals surface area contributed by atoms with E-state index in [0.29, 0.717) is 12.5 Å². The van der Waals surface area contributed by atoms with Crippen LogP contribution in [0.2, 0.25) is 0 Å². The Morgan fingerprint density at radius 2 is 1.95 bits per heavy atom. The van der Waals surface area contributed by atoms with Gasteiger partial charge in [-0.05, 0) is 26.2 Å². The van der Waals surface area contributed by atoms with Crippen molar-refractivity contribution in [3.63, 3.8) is 0 Å². The summed E-state index contributed by atoms with van der Waals surface area (Å²) in [6.07, 6.45) is 4.50. The van der Waals surface area contributed by atoms with Crippen LogP contribution in [0.25, 0.3) is 0 Å². The summed E-state index contributed by atoms with van der Waals surface area (Å²) >= 11 is 0. The largest absolute Gasteiger partial charge is 0.359 e. The van der Waals surface area contributed by atoms with Crippen molar-refractivity contribution >= 4 is 29.9 Å². The molecule has 0 fully saturated rings. The first-order valence-corrected chi connectivity index (χ1v) is 8.22. The fourth-order valence-electron chi connectivity index (χ4n) is 2.19. The smallest absolute Gasteiger partial charge is 0.191 e. The lowest BCUT2D eigenvalue weighted by molar-refractivity contribution is 0.372. The second-order valence-electron chi connectivity index (χ2n) is 5.21. The molecule has 0 aliphatic heterocycles. The van der Waals surface area contributed by atoms with Crippen LogP contribution in [0.15, 0.2) is 15.6 Å². The van der Waals surface area contributed by atoms with Crippen molar-refractivity contribution in [2.45, 2.75) is 65.8 Å². The van der Waals surface area contributed by atoms with E-state index in [1.54, 1.807) is 0 Å². The Labute approximate surface area is 151 Å². The van der Waals surface area contributed by atoms with Crippen molar-refractivity contribution in [1.82, 2.24) is 15.8 Å². The average Bonchev–Trinajstić information content (AvgIpc) is 2.95. The number of nitrogens with one attached hydrogen (secondary N) is 2. The molecule has 1 aromatic rings. The summed E-state index contributed by atoms with van der Waals surface area (Å²) < 4.78 is 5.39. The van der Waals surface area contributed by atoms with Crippen LogP contribution < -0.4 is 10.6 Å². The molecular weight excluding hydrogens is 391 g/mol. The monoisotopic (exact) mass is 422 g/mol. The van der Waals surface area contributed by atoms with Gasteiger partial charge >= 0.3 is 0 Å². The molecule has 0 aliphatic carbocycles. The number of rotatable bonds is 9. The first-order chi connectivity index (χ1) is 10.2. The molecule has 0 saturated carbocycles. The van der Waals surface area contributed by atoms with Crippen LogP contribution in [-0.2, 0) is 6.54 Å². The SMILES string of the molecule is CCCCNC(=NCc1cc(C(CC)CC)no1)NCC.I. The summed E-state index contributed by atoms with van der Waals surface area (Å²) in [5, 5.41) is 10.7. The van der Waals surface area contributed by atoms with Crippen LogP contribution in [0.3, 0.4) is 0 Å². The number of guanidine groups is 1. The van der Waals surface area contributed by atoms with Crippen LogP contribution in [0.5, 0.6) is 0 Å². The van der Waals surface area contributed by atoms with E-state index in [2.05, 4.69) is 48.5 Å². The molecule has 0 radical (unpaired) electrons. The van der Waals surface area contributed by atoms with Crippen molar-refractivity contribution in [3.05, 3.63) is 17.5 Å². The number of aliphatic imine (C=N–C) groups is 1. The predicted molar refractivity (Wildman–Crippen MR) is 103 cm³/mol. The Balaban J connectivity index is 0.00000441. The van der Waals surface area contributed by atoms with Gasteiger partial charge in [-0.3, -0.25) is 0 Å².